The molecule has 1 rings (SSSR count). The van der Waals surface area contributed by atoms with Crippen LogP contribution in [0.1, 0.15) is 13.8 Å². The van der Waals surface area contributed by atoms with Crippen LogP contribution in [0.3, 0.4) is 0 Å². The summed E-state index contributed by atoms with van der Waals surface area (Å²) < 4.78 is 10.6. The second-order valence-corrected chi connectivity index (χ2v) is 3.33. The van der Waals surface area contributed by atoms with E-state index >= 15 is 0 Å². The quantitative estimate of drug-likeness (QED) is 0.471. The van der Waals surface area contributed by atoms with E-state index in [4.69, 9.17) is 9.47 Å². The fourth-order valence-corrected chi connectivity index (χ4v) is 0.808. The van der Waals surface area contributed by atoms with E-state index in [1.54, 1.807) is 0 Å². The van der Waals surface area contributed by atoms with Crippen LogP contribution in [0.25, 0.3) is 0 Å². The maximum Gasteiger partial charge on any atom is 0.147 e. The molecular formula is C8H17NO2. The summed E-state index contributed by atoms with van der Waals surface area (Å²) in [6.45, 7) is 7.45. The van der Waals surface area contributed by atoms with Crippen LogP contribution in [0, 0.1) is 5.92 Å². The SMILES string of the molecule is CC(C)COCOC1CNC1. The second kappa shape index (κ2) is 4.70. The summed E-state index contributed by atoms with van der Waals surface area (Å²) in [6.07, 6.45) is 0.391. The van der Waals surface area contributed by atoms with Crippen LogP contribution in [-0.4, -0.2) is 32.6 Å². The minimum absolute atomic E-state index is 0.391. The van der Waals surface area contributed by atoms with E-state index in [-0.39, 0.29) is 0 Å². The zero-order chi connectivity index (χ0) is 8.10. The Morgan fingerprint density at radius 3 is 2.64 bits per heavy atom. The summed E-state index contributed by atoms with van der Waals surface area (Å²) in [7, 11) is 0. The smallest absolute Gasteiger partial charge is 0.147 e. The molecule has 1 N–H and O–H groups in total. The molecule has 0 atom stereocenters. The van der Waals surface area contributed by atoms with Crippen molar-refractivity contribution in [1.29, 1.82) is 0 Å². The number of hydrogen-bond donors (Lipinski definition) is 1. The van der Waals surface area contributed by atoms with Crippen LogP contribution >= 0.6 is 0 Å². The van der Waals surface area contributed by atoms with Crippen molar-refractivity contribution in [3.63, 3.8) is 0 Å². The van der Waals surface area contributed by atoms with Gasteiger partial charge in [0.05, 0.1) is 12.7 Å². The van der Waals surface area contributed by atoms with Crippen molar-refractivity contribution in [3.8, 4) is 0 Å². The van der Waals surface area contributed by atoms with Gasteiger partial charge in [0.15, 0.2) is 0 Å². The van der Waals surface area contributed by atoms with Gasteiger partial charge in [-0.25, -0.2) is 0 Å². The number of rotatable bonds is 5. The standard InChI is InChI=1S/C8H17NO2/c1-7(2)5-10-6-11-8-3-9-4-8/h7-9H,3-6H2,1-2H3. The van der Waals surface area contributed by atoms with Gasteiger partial charge in [-0.1, -0.05) is 13.8 Å². The Morgan fingerprint density at radius 1 is 1.45 bits per heavy atom. The topological polar surface area (TPSA) is 30.5 Å². The average Bonchev–Trinajstić information content (AvgIpc) is 1.82. The molecule has 0 radical (unpaired) electrons. The molecule has 0 bridgehead atoms. The Hall–Kier alpha value is -0.120. The number of ether oxygens (including phenoxy) is 2. The zero-order valence-electron chi connectivity index (χ0n) is 7.30. The molecule has 0 saturated carbocycles. The van der Waals surface area contributed by atoms with Crippen molar-refractivity contribution in [2.24, 2.45) is 5.92 Å². The molecule has 1 fully saturated rings. The molecule has 3 nitrogen and oxygen atoms in total. The number of hydrogen-bond acceptors (Lipinski definition) is 3. The molecule has 0 aromatic heterocycles. The van der Waals surface area contributed by atoms with E-state index in [1.165, 1.54) is 0 Å². The fraction of sp³-hybridized carbons (Fsp3) is 1.00. The van der Waals surface area contributed by atoms with Gasteiger partial charge in [-0.05, 0) is 5.92 Å². The summed E-state index contributed by atoms with van der Waals surface area (Å²) >= 11 is 0. The highest BCUT2D eigenvalue weighted by Crippen LogP contribution is 1.99. The predicted molar refractivity (Wildman–Crippen MR) is 43.4 cm³/mol. The molecule has 0 unspecified atom stereocenters. The summed E-state index contributed by atoms with van der Waals surface area (Å²) in [5.74, 6) is 0.595. The average molecular weight is 159 g/mol. The first-order valence-electron chi connectivity index (χ1n) is 4.19. The third kappa shape index (κ3) is 3.70. The summed E-state index contributed by atoms with van der Waals surface area (Å²) in [5.41, 5.74) is 0. The largest absolute Gasteiger partial charge is 0.355 e. The van der Waals surface area contributed by atoms with Gasteiger partial charge in [-0.15, -0.1) is 0 Å². The summed E-state index contributed by atoms with van der Waals surface area (Å²) in [6, 6.07) is 0. The van der Waals surface area contributed by atoms with E-state index in [9.17, 15) is 0 Å². The van der Waals surface area contributed by atoms with Gasteiger partial charge in [0.2, 0.25) is 0 Å². The third-order valence-electron chi connectivity index (χ3n) is 1.58. The maximum absolute atomic E-state index is 5.34. The molecule has 1 aliphatic heterocycles. The van der Waals surface area contributed by atoms with E-state index in [2.05, 4.69) is 19.2 Å². The molecule has 3 heteroatoms. The molecule has 1 saturated heterocycles. The lowest BCUT2D eigenvalue weighted by molar-refractivity contribution is -0.108. The van der Waals surface area contributed by atoms with Gasteiger partial charge in [-0.2, -0.15) is 0 Å². The Balaban J connectivity index is 1.80. The minimum Gasteiger partial charge on any atom is -0.355 e. The van der Waals surface area contributed by atoms with Crippen LogP contribution < -0.4 is 5.32 Å². The van der Waals surface area contributed by atoms with Gasteiger partial charge in [0, 0.05) is 13.1 Å². The molecule has 1 heterocycles. The molecule has 0 spiro atoms. The highest BCUT2D eigenvalue weighted by atomic mass is 16.7. The van der Waals surface area contributed by atoms with Crippen molar-refractivity contribution < 1.29 is 9.47 Å². The van der Waals surface area contributed by atoms with Crippen LogP contribution in [0.4, 0.5) is 0 Å². The molecule has 0 aliphatic carbocycles. The molecule has 0 aromatic rings. The van der Waals surface area contributed by atoms with Gasteiger partial charge in [0.25, 0.3) is 0 Å². The minimum atomic E-state index is 0.391. The number of nitrogens with one attached hydrogen (secondary N) is 1. The Kier molecular flexibility index (Phi) is 3.83. The van der Waals surface area contributed by atoms with Gasteiger partial charge < -0.3 is 14.8 Å². The third-order valence-corrected chi connectivity index (χ3v) is 1.58. The van der Waals surface area contributed by atoms with Crippen molar-refractivity contribution in [1.82, 2.24) is 5.32 Å². The lowest BCUT2D eigenvalue weighted by atomic mass is 10.2. The second-order valence-electron chi connectivity index (χ2n) is 3.33. The summed E-state index contributed by atoms with van der Waals surface area (Å²) in [5, 5.41) is 3.13. The molecule has 11 heavy (non-hydrogen) atoms. The van der Waals surface area contributed by atoms with E-state index in [0.29, 0.717) is 18.8 Å². The molecular weight excluding hydrogens is 142 g/mol. The zero-order valence-corrected chi connectivity index (χ0v) is 7.30. The van der Waals surface area contributed by atoms with Gasteiger partial charge in [-0.3, -0.25) is 0 Å². The van der Waals surface area contributed by atoms with Gasteiger partial charge in [0.1, 0.15) is 6.79 Å². The van der Waals surface area contributed by atoms with Gasteiger partial charge >= 0.3 is 0 Å². The first-order chi connectivity index (χ1) is 5.29. The van der Waals surface area contributed by atoms with Crippen LogP contribution in [-0.2, 0) is 9.47 Å². The fourth-order valence-electron chi connectivity index (χ4n) is 0.808. The first kappa shape index (κ1) is 8.97. The van der Waals surface area contributed by atoms with E-state index in [0.717, 1.165) is 19.7 Å². The molecule has 0 amide bonds. The van der Waals surface area contributed by atoms with Crippen molar-refractivity contribution in [2.75, 3.05) is 26.5 Å². The Bertz CT molecular complexity index is 102. The predicted octanol–water partition coefficient (Wildman–Crippen LogP) is 0.605. The Labute approximate surface area is 68.1 Å². The lowest BCUT2D eigenvalue weighted by Crippen LogP contribution is -2.48. The monoisotopic (exact) mass is 159 g/mol. The van der Waals surface area contributed by atoms with Crippen LogP contribution in [0.5, 0.6) is 0 Å². The molecule has 66 valence electrons. The van der Waals surface area contributed by atoms with Crippen LogP contribution in [0.15, 0.2) is 0 Å². The molecule has 0 aromatic carbocycles. The Morgan fingerprint density at radius 2 is 2.18 bits per heavy atom. The van der Waals surface area contributed by atoms with Crippen molar-refractivity contribution in [2.45, 2.75) is 20.0 Å². The molecule has 1 aliphatic rings. The van der Waals surface area contributed by atoms with E-state index in [1.807, 2.05) is 0 Å². The normalized spacial score (nSPS) is 18.8. The van der Waals surface area contributed by atoms with Crippen LogP contribution in [0.2, 0.25) is 0 Å². The van der Waals surface area contributed by atoms with Crippen molar-refractivity contribution in [3.05, 3.63) is 0 Å². The first-order valence-corrected chi connectivity index (χ1v) is 4.19. The highest BCUT2D eigenvalue weighted by molar-refractivity contribution is 4.73. The maximum atomic E-state index is 5.34. The lowest BCUT2D eigenvalue weighted by Gasteiger charge is -2.26. The summed E-state index contributed by atoms with van der Waals surface area (Å²) in [4.78, 5) is 0. The van der Waals surface area contributed by atoms with Crippen molar-refractivity contribution >= 4 is 0 Å². The van der Waals surface area contributed by atoms with E-state index < -0.39 is 0 Å². The highest BCUT2D eigenvalue weighted by Gasteiger charge is 2.16.